The number of thiazole rings is 1. The molecular formula is C16H21ClFN3OS. The molecule has 0 bridgehead atoms. The summed E-state index contributed by atoms with van der Waals surface area (Å²) < 4.78 is 13.5. The van der Waals surface area contributed by atoms with E-state index < -0.39 is 6.04 Å². The van der Waals surface area contributed by atoms with Crippen LogP contribution in [0.1, 0.15) is 35.8 Å². The Morgan fingerprint density at radius 1 is 1.48 bits per heavy atom. The van der Waals surface area contributed by atoms with E-state index >= 15 is 0 Å². The predicted octanol–water partition coefficient (Wildman–Crippen LogP) is 3.67. The van der Waals surface area contributed by atoms with Crippen molar-refractivity contribution in [3.63, 3.8) is 0 Å². The molecule has 0 saturated carbocycles. The van der Waals surface area contributed by atoms with E-state index in [2.05, 4.69) is 10.3 Å². The SMILES string of the molecule is CCCC(N)C(=O)Nc1ncc(Cc2ccc(C)c(F)c2)s1.Cl. The number of anilines is 1. The summed E-state index contributed by atoms with van der Waals surface area (Å²) >= 11 is 1.38. The maximum Gasteiger partial charge on any atom is 0.243 e. The van der Waals surface area contributed by atoms with E-state index in [-0.39, 0.29) is 24.1 Å². The molecule has 2 rings (SSSR count). The maximum atomic E-state index is 13.5. The Labute approximate surface area is 145 Å². The lowest BCUT2D eigenvalue weighted by atomic mass is 10.1. The first-order chi connectivity index (χ1) is 10.5. The molecule has 3 N–H and O–H groups in total. The summed E-state index contributed by atoms with van der Waals surface area (Å²) in [5.41, 5.74) is 7.27. The van der Waals surface area contributed by atoms with Gasteiger partial charge in [0.2, 0.25) is 5.91 Å². The summed E-state index contributed by atoms with van der Waals surface area (Å²) in [7, 11) is 0. The first kappa shape index (κ1) is 19.5. The van der Waals surface area contributed by atoms with Crippen LogP contribution in [0.4, 0.5) is 9.52 Å². The number of amides is 1. The summed E-state index contributed by atoms with van der Waals surface area (Å²) in [6.07, 6.45) is 3.79. The van der Waals surface area contributed by atoms with Crippen LogP contribution >= 0.6 is 23.7 Å². The molecule has 2 aromatic rings. The van der Waals surface area contributed by atoms with Gasteiger partial charge in [0, 0.05) is 17.5 Å². The molecule has 7 heteroatoms. The number of hydrogen-bond donors (Lipinski definition) is 2. The monoisotopic (exact) mass is 357 g/mol. The number of halogens is 2. The minimum atomic E-state index is -0.511. The molecule has 1 aromatic heterocycles. The minimum Gasteiger partial charge on any atom is -0.320 e. The van der Waals surface area contributed by atoms with E-state index in [1.807, 2.05) is 13.0 Å². The summed E-state index contributed by atoms with van der Waals surface area (Å²) in [5, 5.41) is 3.25. The van der Waals surface area contributed by atoms with Gasteiger partial charge in [0.1, 0.15) is 5.82 Å². The van der Waals surface area contributed by atoms with Gasteiger partial charge < -0.3 is 11.1 Å². The highest BCUT2D eigenvalue weighted by molar-refractivity contribution is 7.15. The molecule has 23 heavy (non-hydrogen) atoms. The molecule has 0 fully saturated rings. The lowest BCUT2D eigenvalue weighted by Gasteiger charge is -2.08. The van der Waals surface area contributed by atoms with Gasteiger partial charge >= 0.3 is 0 Å². The number of aromatic nitrogens is 1. The van der Waals surface area contributed by atoms with Gasteiger partial charge in [-0.25, -0.2) is 9.37 Å². The highest BCUT2D eigenvalue weighted by atomic mass is 35.5. The molecule has 0 radical (unpaired) electrons. The molecule has 0 saturated heterocycles. The number of carbonyl (C=O) groups excluding carboxylic acids is 1. The minimum absolute atomic E-state index is 0. The van der Waals surface area contributed by atoms with Gasteiger partial charge in [-0.1, -0.05) is 25.5 Å². The van der Waals surface area contributed by atoms with E-state index in [1.54, 1.807) is 19.2 Å². The molecule has 0 aliphatic carbocycles. The van der Waals surface area contributed by atoms with Crippen molar-refractivity contribution in [2.45, 2.75) is 39.2 Å². The molecule has 126 valence electrons. The number of nitrogens with one attached hydrogen (secondary N) is 1. The third kappa shape index (κ3) is 5.57. The van der Waals surface area contributed by atoms with Gasteiger partial charge in [-0.2, -0.15) is 0 Å². The number of carbonyl (C=O) groups is 1. The summed E-state index contributed by atoms with van der Waals surface area (Å²) in [4.78, 5) is 17.0. The molecule has 1 unspecified atom stereocenters. The van der Waals surface area contributed by atoms with E-state index in [4.69, 9.17) is 5.73 Å². The van der Waals surface area contributed by atoms with E-state index in [9.17, 15) is 9.18 Å². The lowest BCUT2D eigenvalue weighted by Crippen LogP contribution is -2.35. The van der Waals surface area contributed by atoms with Crippen molar-refractivity contribution < 1.29 is 9.18 Å². The predicted molar refractivity (Wildman–Crippen MR) is 94.8 cm³/mol. The average molecular weight is 358 g/mol. The highest BCUT2D eigenvalue weighted by Gasteiger charge is 2.14. The lowest BCUT2D eigenvalue weighted by molar-refractivity contribution is -0.117. The van der Waals surface area contributed by atoms with Crippen LogP contribution in [0.25, 0.3) is 0 Å². The third-order valence-corrected chi connectivity index (χ3v) is 4.25. The molecule has 0 spiro atoms. The number of nitrogens with two attached hydrogens (primary N) is 1. The van der Waals surface area contributed by atoms with Crippen molar-refractivity contribution in [3.05, 3.63) is 46.2 Å². The Kier molecular flexibility index (Phi) is 7.61. The van der Waals surface area contributed by atoms with Crippen LogP contribution in [-0.2, 0) is 11.2 Å². The molecule has 1 atom stereocenters. The fourth-order valence-electron chi connectivity index (χ4n) is 2.03. The van der Waals surface area contributed by atoms with Gasteiger partial charge in [0.25, 0.3) is 0 Å². The van der Waals surface area contributed by atoms with Crippen LogP contribution in [0, 0.1) is 12.7 Å². The average Bonchev–Trinajstić information content (AvgIpc) is 2.90. The zero-order valence-corrected chi connectivity index (χ0v) is 14.8. The van der Waals surface area contributed by atoms with Crippen LogP contribution in [-0.4, -0.2) is 16.9 Å². The van der Waals surface area contributed by atoms with Crippen molar-refractivity contribution in [3.8, 4) is 0 Å². The van der Waals surface area contributed by atoms with Gasteiger partial charge in [-0.3, -0.25) is 4.79 Å². The maximum absolute atomic E-state index is 13.5. The van der Waals surface area contributed by atoms with Gasteiger partial charge in [-0.15, -0.1) is 23.7 Å². The second-order valence-corrected chi connectivity index (χ2v) is 6.39. The standard InChI is InChI=1S/C16H20FN3OS.ClH/c1-3-4-14(18)15(21)20-16-19-9-12(22-16)7-11-6-5-10(2)13(17)8-11;/h5-6,8-9,14H,3-4,7,18H2,1-2H3,(H,19,20,21);1H. The summed E-state index contributed by atoms with van der Waals surface area (Å²) in [6.45, 7) is 3.72. The van der Waals surface area contributed by atoms with Crippen molar-refractivity contribution >= 4 is 34.8 Å². The Balaban J connectivity index is 0.00000264. The van der Waals surface area contributed by atoms with E-state index in [0.29, 0.717) is 23.5 Å². The fraction of sp³-hybridized carbons (Fsp3) is 0.375. The molecule has 1 aromatic carbocycles. The van der Waals surface area contributed by atoms with Crippen LogP contribution in [0.15, 0.2) is 24.4 Å². The number of aryl methyl sites for hydroxylation is 1. The quantitative estimate of drug-likeness (QED) is 0.828. The van der Waals surface area contributed by atoms with Gasteiger partial charge in [0.15, 0.2) is 5.13 Å². The van der Waals surface area contributed by atoms with Crippen molar-refractivity contribution in [1.82, 2.24) is 4.98 Å². The van der Waals surface area contributed by atoms with Crippen molar-refractivity contribution in [2.75, 3.05) is 5.32 Å². The second kappa shape index (κ2) is 8.96. The number of nitrogens with zero attached hydrogens (tertiary/aromatic N) is 1. The molecule has 0 aliphatic rings. The smallest absolute Gasteiger partial charge is 0.243 e. The van der Waals surface area contributed by atoms with Crippen LogP contribution < -0.4 is 11.1 Å². The topological polar surface area (TPSA) is 68.0 Å². The van der Waals surface area contributed by atoms with Crippen LogP contribution in [0.5, 0.6) is 0 Å². The molecule has 1 amide bonds. The Morgan fingerprint density at radius 3 is 2.87 bits per heavy atom. The van der Waals surface area contributed by atoms with Crippen LogP contribution in [0.2, 0.25) is 0 Å². The Morgan fingerprint density at radius 2 is 2.22 bits per heavy atom. The first-order valence-corrected chi connectivity index (χ1v) is 8.07. The second-order valence-electron chi connectivity index (χ2n) is 5.28. The number of hydrogen-bond acceptors (Lipinski definition) is 4. The first-order valence-electron chi connectivity index (χ1n) is 7.25. The van der Waals surface area contributed by atoms with E-state index in [1.165, 1.54) is 17.4 Å². The molecule has 4 nitrogen and oxygen atoms in total. The van der Waals surface area contributed by atoms with E-state index in [0.717, 1.165) is 16.9 Å². The number of rotatable bonds is 6. The normalized spacial score (nSPS) is 11.7. The van der Waals surface area contributed by atoms with Crippen molar-refractivity contribution in [1.29, 1.82) is 0 Å². The van der Waals surface area contributed by atoms with Gasteiger partial charge in [-0.05, 0) is 30.5 Å². The fourth-order valence-corrected chi connectivity index (χ4v) is 2.88. The highest BCUT2D eigenvalue weighted by Crippen LogP contribution is 2.22. The molecule has 1 heterocycles. The zero-order chi connectivity index (χ0) is 16.1. The largest absolute Gasteiger partial charge is 0.320 e. The third-order valence-electron chi connectivity index (χ3n) is 3.33. The zero-order valence-electron chi connectivity index (χ0n) is 13.1. The van der Waals surface area contributed by atoms with Crippen LogP contribution in [0.3, 0.4) is 0 Å². The molecular weight excluding hydrogens is 337 g/mol. The Hall–Kier alpha value is -1.50. The summed E-state index contributed by atoms with van der Waals surface area (Å²) in [5.74, 6) is -0.426. The Bertz CT molecular complexity index is 663. The van der Waals surface area contributed by atoms with Crippen molar-refractivity contribution in [2.24, 2.45) is 5.73 Å². The number of benzene rings is 1. The summed E-state index contributed by atoms with van der Waals surface area (Å²) in [6, 6.07) is 4.68. The molecule has 0 aliphatic heterocycles. The van der Waals surface area contributed by atoms with Gasteiger partial charge in [0.05, 0.1) is 6.04 Å².